The number of aliphatic imine (C=N–C) groups is 1. The lowest BCUT2D eigenvalue weighted by molar-refractivity contribution is -0.117. The van der Waals surface area contributed by atoms with E-state index in [1.807, 2.05) is 31.2 Å². The Bertz CT molecular complexity index is 1360. The van der Waals surface area contributed by atoms with E-state index in [0.29, 0.717) is 23.1 Å². The molecular formula is C23H23N7O2. The van der Waals surface area contributed by atoms with Crippen LogP contribution in [0.3, 0.4) is 0 Å². The van der Waals surface area contributed by atoms with Gasteiger partial charge in [-0.05, 0) is 42.8 Å². The molecule has 0 aliphatic carbocycles. The third-order valence-electron chi connectivity index (χ3n) is 5.28. The van der Waals surface area contributed by atoms with Crippen LogP contribution in [-0.4, -0.2) is 38.9 Å². The molecular weight excluding hydrogens is 406 g/mol. The number of aryl methyl sites for hydroxylation is 1. The van der Waals surface area contributed by atoms with Gasteiger partial charge in [-0.1, -0.05) is 30.3 Å². The Kier molecular flexibility index (Phi) is 5.80. The molecule has 4 rings (SSSR count). The number of carbonyl (C=O) groups excluding carboxylic acids is 1. The third kappa shape index (κ3) is 4.00. The molecule has 2 heterocycles. The summed E-state index contributed by atoms with van der Waals surface area (Å²) in [7, 11) is 0. The Morgan fingerprint density at radius 2 is 2.09 bits per heavy atom. The zero-order valence-electron chi connectivity index (χ0n) is 17.6. The van der Waals surface area contributed by atoms with Crippen LogP contribution < -0.4 is 16.6 Å². The predicted octanol–water partition coefficient (Wildman–Crippen LogP) is 2.42. The highest BCUT2D eigenvalue weighted by Crippen LogP contribution is 2.35. The molecule has 0 unspecified atom stereocenters. The van der Waals surface area contributed by atoms with Crippen molar-refractivity contribution in [3.8, 4) is 5.82 Å². The van der Waals surface area contributed by atoms with Gasteiger partial charge in [-0.2, -0.15) is 0 Å². The van der Waals surface area contributed by atoms with Crippen molar-refractivity contribution in [2.75, 3.05) is 17.6 Å². The highest BCUT2D eigenvalue weighted by molar-refractivity contribution is 6.03. The molecule has 0 saturated heterocycles. The van der Waals surface area contributed by atoms with Gasteiger partial charge in [0.15, 0.2) is 5.82 Å². The maximum absolute atomic E-state index is 12.3. The number of hydrogen-bond donors (Lipinski definition) is 3. The lowest BCUT2D eigenvalue weighted by atomic mass is 9.99. The summed E-state index contributed by atoms with van der Waals surface area (Å²) in [5.74, 6) is -0.00126. The van der Waals surface area contributed by atoms with Gasteiger partial charge in [-0.25, -0.2) is 14.7 Å². The Hall–Kier alpha value is -4.27. The molecule has 0 spiro atoms. The molecule has 0 bridgehead atoms. The standard InChI is InChI=1S/C23H23N7O2/c1-14-12-17-19(21(24)29-30(17)22-23(32)28-11-10-27-22)20(16(14)13-18(31)25-2)26-9-8-15-6-4-3-5-7-15/h3-7,10-12,26H,2,8-9,13H2,1H3,(H2,24,29)(H,28,32). The van der Waals surface area contributed by atoms with E-state index in [4.69, 9.17) is 5.73 Å². The number of nitrogens with one attached hydrogen (secondary N) is 2. The summed E-state index contributed by atoms with van der Waals surface area (Å²) >= 11 is 0. The maximum Gasteiger partial charge on any atom is 0.293 e. The molecule has 0 atom stereocenters. The van der Waals surface area contributed by atoms with Gasteiger partial charge in [0.25, 0.3) is 5.56 Å². The van der Waals surface area contributed by atoms with Crippen LogP contribution in [0.4, 0.5) is 11.5 Å². The van der Waals surface area contributed by atoms with Crippen LogP contribution in [0.5, 0.6) is 0 Å². The lowest BCUT2D eigenvalue weighted by Gasteiger charge is -2.16. The summed E-state index contributed by atoms with van der Waals surface area (Å²) in [5.41, 5.74) is 10.0. The van der Waals surface area contributed by atoms with Gasteiger partial charge in [-0.3, -0.25) is 9.59 Å². The number of carbonyl (C=O) groups is 1. The quantitative estimate of drug-likeness (QED) is 0.387. The number of anilines is 2. The molecule has 9 heteroatoms. The SMILES string of the molecule is C=NC(=O)Cc1c(C)cc2c(c(N)nn2-c2ncc[nH]c2=O)c1NCCc1ccccc1. The number of nitrogen functional groups attached to an aromatic ring is 1. The number of benzene rings is 2. The fourth-order valence-corrected chi connectivity index (χ4v) is 3.74. The number of H-pyrrole nitrogens is 1. The van der Waals surface area contributed by atoms with Crippen molar-refractivity contribution >= 4 is 35.0 Å². The average Bonchev–Trinajstić information content (AvgIpc) is 3.12. The molecule has 2 aromatic carbocycles. The van der Waals surface area contributed by atoms with Crippen molar-refractivity contribution in [3.05, 3.63) is 75.8 Å². The van der Waals surface area contributed by atoms with Crippen LogP contribution in [0.25, 0.3) is 16.7 Å². The molecule has 2 aromatic heterocycles. The topological polar surface area (TPSA) is 131 Å². The fourth-order valence-electron chi connectivity index (χ4n) is 3.74. The van der Waals surface area contributed by atoms with Crippen molar-refractivity contribution in [2.45, 2.75) is 19.8 Å². The number of aromatic nitrogens is 4. The normalized spacial score (nSPS) is 10.9. The molecule has 0 fully saturated rings. The average molecular weight is 429 g/mol. The van der Waals surface area contributed by atoms with E-state index >= 15 is 0 Å². The Morgan fingerprint density at radius 3 is 2.81 bits per heavy atom. The van der Waals surface area contributed by atoms with Crippen LogP contribution in [0, 0.1) is 6.92 Å². The Labute approximate surface area is 184 Å². The smallest absolute Gasteiger partial charge is 0.293 e. The van der Waals surface area contributed by atoms with Crippen molar-refractivity contribution in [3.63, 3.8) is 0 Å². The van der Waals surface area contributed by atoms with Gasteiger partial charge in [-0.15, -0.1) is 5.10 Å². The second-order valence-corrected chi connectivity index (χ2v) is 7.37. The monoisotopic (exact) mass is 429 g/mol. The fraction of sp³-hybridized carbons (Fsp3) is 0.174. The second kappa shape index (κ2) is 8.84. The van der Waals surface area contributed by atoms with Crippen LogP contribution in [0.1, 0.15) is 16.7 Å². The summed E-state index contributed by atoms with van der Waals surface area (Å²) < 4.78 is 1.43. The first kappa shape index (κ1) is 21.0. The number of aromatic amines is 1. The number of rotatable bonds is 7. The molecule has 32 heavy (non-hydrogen) atoms. The number of hydrogen-bond acceptors (Lipinski definition) is 6. The predicted molar refractivity (Wildman–Crippen MR) is 126 cm³/mol. The van der Waals surface area contributed by atoms with E-state index in [9.17, 15) is 9.59 Å². The number of nitrogens with zero attached hydrogens (tertiary/aromatic N) is 4. The molecule has 0 radical (unpaired) electrons. The van der Waals surface area contributed by atoms with Crippen LogP contribution in [0.15, 0.2) is 58.6 Å². The largest absolute Gasteiger partial charge is 0.384 e. The van der Waals surface area contributed by atoms with Crippen molar-refractivity contribution < 1.29 is 4.79 Å². The lowest BCUT2D eigenvalue weighted by Crippen LogP contribution is -2.17. The third-order valence-corrected chi connectivity index (χ3v) is 5.28. The first-order chi connectivity index (χ1) is 15.5. The highest BCUT2D eigenvalue weighted by atomic mass is 16.1. The van der Waals surface area contributed by atoms with Crippen LogP contribution in [0.2, 0.25) is 0 Å². The molecule has 0 aliphatic heterocycles. The van der Waals surface area contributed by atoms with Crippen molar-refractivity contribution in [2.24, 2.45) is 4.99 Å². The second-order valence-electron chi connectivity index (χ2n) is 7.37. The van der Waals surface area contributed by atoms with Crippen LogP contribution in [-0.2, 0) is 17.6 Å². The zero-order valence-corrected chi connectivity index (χ0v) is 17.6. The number of fused-ring (bicyclic) bond motifs is 1. The minimum absolute atomic E-state index is 0.0771. The minimum atomic E-state index is -0.386. The van der Waals surface area contributed by atoms with E-state index in [0.717, 1.165) is 17.5 Å². The van der Waals surface area contributed by atoms with E-state index in [1.54, 1.807) is 0 Å². The first-order valence-corrected chi connectivity index (χ1v) is 10.1. The van der Waals surface area contributed by atoms with Gasteiger partial charge in [0.2, 0.25) is 11.7 Å². The summed E-state index contributed by atoms with van der Waals surface area (Å²) in [6, 6.07) is 11.9. The zero-order chi connectivity index (χ0) is 22.7. The maximum atomic E-state index is 12.3. The van der Waals surface area contributed by atoms with E-state index in [1.165, 1.54) is 22.6 Å². The Morgan fingerprint density at radius 1 is 1.31 bits per heavy atom. The molecule has 1 amide bonds. The van der Waals surface area contributed by atoms with E-state index in [2.05, 4.69) is 44.2 Å². The summed E-state index contributed by atoms with van der Waals surface area (Å²) in [5, 5.41) is 8.45. The van der Waals surface area contributed by atoms with Gasteiger partial charge in [0.1, 0.15) is 0 Å². The molecule has 162 valence electrons. The van der Waals surface area contributed by atoms with Crippen molar-refractivity contribution in [1.82, 2.24) is 19.7 Å². The van der Waals surface area contributed by atoms with Crippen LogP contribution >= 0.6 is 0 Å². The molecule has 0 aliphatic rings. The number of amides is 1. The minimum Gasteiger partial charge on any atom is -0.384 e. The number of nitrogens with two attached hydrogens (primary N) is 1. The highest BCUT2D eigenvalue weighted by Gasteiger charge is 2.21. The molecule has 0 saturated carbocycles. The van der Waals surface area contributed by atoms with Gasteiger partial charge in [0.05, 0.1) is 23.0 Å². The molecule has 4 N–H and O–H groups in total. The Balaban J connectivity index is 1.84. The molecule has 9 nitrogen and oxygen atoms in total. The molecule has 4 aromatic rings. The summed E-state index contributed by atoms with van der Waals surface area (Å²) in [4.78, 5) is 34.7. The van der Waals surface area contributed by atoms with E-state index < -0.39 is 0 Å². The van der Waals surface area contributed by atoms with Gasteiger partial charge >= 0.3 is 0 Å². The van der Waals surface area contributed by atoms with Crippen molar-refractivity contribution in [1.29, 1.82) is 0 Å². The van der Waals surface area contributed by atoms with E-state index in [-0.39, 0.29) is 29.5 Å². The first-order valence-electron chi connectivity index (χ1n) is 10.1. The van der Waals surface area contributed by atoms with Gasteiger partial charge < -0.3 is 16.0 Å². The van der Waals surface area contributed by atoms with Gasteiger partial charge in [0, 0.05) is 18.9 Å². The summed E-state index contributed by atoms with van der Waals surface area (Å²) in [6.45, 7) is 5.85. The summed E-state index contributed by atoms with van der Waals surface area (Å²) in [6.07, 6.45) is 3.79.